The van der Waals surface area contributed by atoms with Crippen molar-refractivity contribution >= 4 is 0 Å². The molecule has 21 heavy (non-hydrogen) atoms. The summed E-state index contributed by atoms with van der Waals surface area (Å²) in [5, 5.41) is 0. The zero-order valence-electron chi connectivity index (χ0n) is 15.3. The topological polar surface area (TPSA) is 26.0 Å². The largest absolute Gasteiger partial charge is 0.325 e. The first-order valence-corrected chi connectivity index (χ1v) is 9.66. The maximum absolute atomic E-state index is 6.65. The Morgan fingerprint density at radius 3 is 1.81 bits per heavy atom. The second-order valence-electron chi connectivity index (χ2n) is 8.73. The lowest BCUT2D eigenvalue weighted by Gasteiger charge is -2.42. The Hall–Kier alpha value is -0.0400. The molecular weight excluding hydrogens is 254 g/mol. The van der Waals surface area contributed by atoms with E-state index in [0.717, 1.165) is 5.92 Å². The quantitative estimate of drug-likeness (QED) is 0.486. The Bertz CT molecular complexity index is 256. The van der Waals surface area contributed by atoms with Gasteiger partial charge in [-0.3, -0.25) is 0 Å². The van der Waals surface area contributed by atoms with E-state index in [9.17, 15) is 0 Å². The van der Waals surface area contributed by atoms with Crippen LogP contribution in [0.5, 0.6) is 0 Å². The van der Waals surface area contributed by atoms with Gasteiger partial charge < -0.3 is 5.73 Å². The average molecular weight is 296 g/mol. The first kappa shape index (κ1) is 19.0. The van der Waals surface area contributed by atoms with Gasteiger partial charge in [0.25, 0.3) is 0 Å². The van der Waals surface area contributed by atoms with Gasteiger partial charge in [0.2, 0.25) is 0 Å². The fraction of sp³-hybridized carbons (Fsp3) is 1.00. The van der Waals surface area contributed by atoms with Crippen molar-refractivity contribution in [3.63, 3.8) is 0 Å². The third-order valence-electron chi connectivity index (χ3n) is 5.73. The molecule has 0 bridgehead atoms. The van der Waals surface area contributed by atoms with Crippen LogP contribution in [0.25, 0.3) is 0 Å². The summed E-state index contributed by atoms with van der Waals surface area (Å²) in [5.74, 6) is 0.882. The number of nitrogens with two attached hydrogens (primary N) is 1. The van der Waals surface area contributed by atoms with Gasteiger partial charge in [0.1, 0.15) is 0 Å². The zero-order valence-corrected chi connectivity index (χ0v) is 15.3. The van der Waals surface area contributed by atoms with Gasteiger partial charge in [-0.25, -0.2) is 0 Å². The first-order chi connectivity index (χ1) is 9.87. The van der Waals surface area contributed by atoms with Crippen LogP contribution in [-0.4, -0.2) is 5.54 Å². The van der Waals surface area contributed by atoms with Crippen LogP contribution < -0.4 is 5.73 Å². The smallest absolute Gasteiger partial charge is 0.0154 e. The van der Waals surface area contributed by atoms with E-state index in [2.05, 4.69) is 27.7 Å². The minimum absolute atomic E-state index is 0.171. The van der Waals surface area contributed by atoms with Gasteiger partial charge >= 0.3 is 0 Å². The lowest BCUT2D eigenvalue weighted by molar-refractivity contribution is 0.128. The van der Waals surface area contributed by atoms with Crippen LogP contribution in [0.1, 0.15) is 111 Å². The maximum atomic E-state index is 6.65. The molecule has 0 aliphatic heterocycles. The van der Waals surface area contributed by atoms with Crippen molar-refractivity contribution in [1.82, 2.24) is 0 Å². The Morgan fingerprint density at radius 2 is 1.33 bits per heavy atom. The predicted molar refractivity (Wildman–Crippen MR) is 95.6 cm³/mol. The van der Waals surface area contributed by atoms with Gasteiger partial charge in [0.15, 0.2) is 0 Å². The van der Waals surface area contributed by atoms with Crippen LogP contribution in [0.3, 0.4) is 0 Å². The minimum Gasteiger partial charge on any atom is -0.325 e. The molecular formula is C20H41N. The molecule has 0 heterocycles. The van der Waals surface area contributed by atoms with E-state index >= 15 is 0 Å². The van der Waals surface area contributed by atoms with Crippen LogP contribution in [0, 0.1) is 11.3 Å². The number of hydrogen-bond acceptors (Lipinski definition) is 1. The maximum Gasteiger partial charge on any atom is 0.0154 e. The third kappa shape index (κ3) is 7.68. The van der Waals surface area contributed by atoms with Gasteiger partial charge in [0.05, 0.1) is 0 Å². The van der Waals surface area contributed by atoms with E-state index in [1.54, 1.807) is 0 Å². The Kier molecular flexibility index (Phi) is 8.31. The fourth-order valence-electron chi connectivity index (χ4n) is 3.92. The molecule has 1 saturated carbocycles. The van der Waals surface area contributed by atoms with Crippen molar-refractivity contribution in [3.8, 4) is 0 Å². The molecule has 2 N–H and O–H groups in total. The lowest BCUT2D eigenvalue weighted by Crippen LogP contribution is -2.44. The van der Waals surface area contributed by atoms with E-state index in [0.29, 0.717) is 5.41 Å². The summed E-state index contributed by atoms with van der Waals surface area (Å²) in [6, 6.07) is 0. The average Bonchev–Trinajstić information content (AvgIpc) is 2.41. The van der Waals surface area contributed by atoms with Gasteiger partial charge in [-0.05, 0) is 43.4 Å². The second kappa shape index (κ2) is 9.18. The van der Waals surface area contributed by atoms with Crippen molar-refractivity contribution in [2.24, 2.45) is 17.1 Å². The van der Waals surface area contributed by atoms with E-state index in [4.69, 9.17) is 5.73 Å². The number of hydrogen-bond donors (Lipinski definition) is 1. The molecule has 0 aromatic rings. The molecule has 0 atom stereocenters. The van der Waals surface area contributed by atoms with Gasteiger partial charge in [-0.15, -0.1) is 0 Å². The molecule has 0 unspecified atom stereocenters. The highest BCUT2D eigenvalue weighted by Crippen LogP contribution is 2.42. The van der Waals surface area contributed by atoms with Crippen molar-refractivity contribution in [2.45, 2.75) is 117 Å². The Morgan fingerprint density at radius 1 is 0.857 bits per heavy atom. The molecule has 0 aromatic heterocycles. The molecule has 1 aliphatic carbocycles. The lowest BCUT2D eigenvalue weighted by atomic mass is 9.66. The third-order valence-corrected chi connectivity index (χ3v) is 5.73. The minimum atomic E-state index is 0.171. The monoisotopic (exact) mass is 295 g/mol. The van der Waals surface area contributed by atoms with Crippen LogP contribution in [0.4, 0.5) is 0 Å². The highest BCUT2D eigenvalue weighted by Gasteiger charge is 2.35. The first-order valence-electron chi connectivity index (χ1n) is 9.66. The van der Waals surface area contributed by atoms with Crippen LogP contribution in [0.2, 0.25) is 0 Å². The number of unbranched alkanes of at least 4 members (excludes halogenated alkanes) is 7. The molecule has 1 rings (SSSR count). The normalized spacial score (nSPS) is 27.0. The molecule has 0 spiro atoms. The van der Waals surface area contributed by atoms with Crippen molar-refractivity contribution in [1.29, 1.82) is 0 Å². The molecule has 0 aromatic carbocycles. The van der Waals surface area contributed by atoms with Crippen molar-refractivity contribution in [2.75, 3.05) is 0 Å². The van der Waals surface area contributed by atoms with Crippen LogP contribution in [0.15, 0.2) is 0 Å². The summed E-state index contributed by atoms with van der Waals surface area (Å²) in [6.07, 6.45) is 17.7. The highest BCUT2D eigenvalue weighted by atomic mass is 14.7. The fourth-order valence-corrected chi connectivity index (χ4v) is 3.92. The predicted octanol–water partition coefficient (Wildman–Crippen LogP) is 6.45. The van der Waals surface area contributed by atoms with Crippen molar-refractivity contribution < 1.29 is 0 Å². The summed E-state index contributed by atoms with van der Waals surface area (Å²) >= 11 is 0. The summed E-state index contributed by atoms with van der Waals surface area (Å²) in [7, 11) is 0. The summed E-state index contributed by atoms with van der Waals surface area (Å²) in [6.45, 7) is 9.45. The van der Waals surface area contributed by atoms with E-state index in [1.807, 2.05) is 0 Å². The van der Waals surface area contributed by atoms with E-state index < -0.39 is 0 Å². The Labute approximate surface area is 134 Å². The Balaban J connectivity index is 2.07. The second-order valence-corrected chi connectivity index (χ2v) is 8.73. The number of rotatable bonds is 9. The summed E-state index contributed by atoms with van der Waals surface area (Å²) in [4.78, 5) is 0. The standard InChI is InChI=1S/C20H41N/c1-5-6-7-8-9-10-11-12-15-20(21)16-13-18(14-17-20)19(2,3)4/h18H,5-17,21H2,1-4H3. The molecule has 1 aliphatic rings. The van der Waals surface area contributed by atoms with Gasteiger partial charge in [-0.1, -0.05) is 79.1 Å². The molecule has 1 fully saturated rings. The molecule has 1 heteroatoms. The van der Waals surface area contributed by atoms with Crippen LogP contribution >= 0.6 is 0 Å². The SMILES string of the molecule is CCCCCCCCCCC1(N)CCC(C(C)(C)C)CC1. The molecule has 0 radical (unpaired) electrons. The molecule has 1 nitrogen and oxygen atoms in total. The summed E-state index contributed by atoms with van der Waals surface area (Å²) in [5.41, 5.74) is 7.29. The van der Waals surface area contributed by atoms with Crippen LogP contribution in [-0.2, 0) is 0 Å². The molecule has 0 saturated heterocycles. The van der Waals surface area contributed by atoms with Gasteiger partial charge in [-0.2, -0.15) is 0 Å². The molecule has 126 valence electrons. The molecule has 0 amide bonds. The van der Waals surface area contributed by atoms with Crippen molar-refractivity contribution in [3.05, 3.63) is 0 Å². The zero-order chi connectivity index (χ0) is 15.8. The van der Waals surface area contributed by atoms with E-state index in [-0.39, 0.29) is 5.54 Å². The summed E-state index contributed by atoms with van der Waals surface area (Å²) < 4.78 is 0. The van der Waals surface area contributed by atoms with Gasteiger partial charge in [0, 0.05) is 5.54 Å². The highest BCUT2D eigenvalue weighted by molar-refractivity contribution is 4.92. The van der Waals surface area contributed by atoms with E-state index in [1.165, 1.54) is 83.5 Å².